The maximum Gasteiger partial charge on any atom is 0.124 e. The number of hydrogen-bond donors (Lipinski definition) is 1. The van der Waals surface area contributed by atoms with Crippen molar-refractivity contribution in [3.8, 4) is 5.75 Å². The van der Waals surface area contributed by atoms with Gasteiger partial charge in [-0.15, -0.1) is 0 Å². The third-order valence-electron chi connectivity index (χ3n) is 4.67. The molecule has 0 aromatic heterocycles. The summed E-state index contributed by atoms with van der Waals surface area (Å²) in [5, 5.41) is 3.58. The predicted molar refractivity (Wildman–Crippen MR) is 80.2 cm³/mol. The Morgan fingerprint density at radius 3 is 2.80 bits per heavy atom. The molecule has 1 aliphatic carbocycles. The van der Waals surface area contributed by atoms with Gasteiger partial charge in [0.2, 0.25) is 0 Å². The zero-order valence-corrected chi connectivity index (χ0v) is 12.6. The van der Waals surface area contributed by atoms with E-state index in [0.29, 0.717) is 0 Å². The molecule has 0 amide bonds. The second-order valence-corrected chi connectivity index (χ2v) is 6.23. The molecule has 20 heavy (non-hydrogen) atoms. The lowest BCUT2D eigenvalue weighted by atomic mass is 9.83. The second-order valence-electron chi connectivity index (χ2n) is 6.23. The Hall–Kier alpha value is -1.06. The van der Waals surface area contributed by atoms with Crippen LogP contribution in [-0.2, 0) is 4.74 Å². The number of aryl methyl sites for hydroxylation is 1. The summed E-state index contributed by atoms with van der Waals surface area (Å²) in [6.45, 7) is 3.99. The lowest BCUT2D eigenvalue weighted by molar-refractivity contribution is -0.136. The summed E-state index contributed by atoms with van der Waals surface area (Å²) in [6, 6.07) is 6.35. The van der Waals surface area contributed by atoms with Crippen molar-refractivity contribution in [3.63, 3.8) is 0 Å². The molecule has 1 N–H and O–H groups in total. The summed E-state index contributed by atoms with van der Waals surface area (Å²) < 4.78 is 12.1. The van der Waals surface area contributed by atoms with E-state index in [9.17, 15) is 0 Å². The molecule has 110 valence electrons. The Morgan fingerprint density at radius 1 is 1.25 bits per heavy atom. The third-order valence-corrected chi connectivity index (χ3v) is 4.67. The monoisotopic (exact) mass is 275 g/mol. The van der Waals surface area contributed by atoms with Gasteiger partial charge in [-0.2, -0.15) is 0 Å². The van der Waals surface area contributed by atoms with Crippen LogP contribution in [0.3, 0.4) is 0 Å². The van der Waals surface area contributed by atoms with Crippen molar-refractivity contribution >= 4 is 0 Å². The molecule has 1 atom stereocenters. The molecule has 1 aliphatic heterocycles. The third kappa shape index (κ3) is 2.70. The van der Waals surface area contributed by atoms with Crippen LogP contribution in [0.2, 0.25) is 0 Å². The molecule has 3 heteroatoms. The topological polar surface area (TPSA) is 30.5 Å². The fourth-order valence-electron chi connectivity index (χ4n) is 3.59. The molecule has 2 aliphatic rings. The van der Waals surface area contributed by atoms with Crippen LogP contribution in [0.1, 0.15) is 49.3 Å². The number of hydrogen-bond acceptors (Lipinski definition) is 3. The quantitative estimate of drug-likeness (QED) is 0.897. The molecule has 1 aromatic rings. The Balaban J connectivity index is 1.84. The molecule has 0 bridgehead atoms. The van der Waals surface area contributed by atoms with Crippen LogP contribution in [0.15, 0.2) is 18.2 Å². The standard InChI is InChI=1S/C17H25NO2/c1-13-6-7-15(19-2)14(10-13)16-11-18-12-17(20-16)8-4-3-5-9-17/h6-7,10,16,18H,3-5,8-9,11-12H2,1-2H3. The number of methoxy groups -OCH3 is 1. The van der Waals surface area contributed by atoms with Crippen LogP contribution in [0.4, 0.5) is 0 Å². The average Bonchev–Trinajstić information content (AvgIpc) is 2.48. The second kappa shape index (κ2) is 5.74. The first-order chi connectivity index (χ1) is 9.72. The van der Waals surface area contributed by atoms with Crippen LogP contribution in [0, 0.1) is 6.92 Å². The van der Waals surface area contributed by atoms with Gasteiger partial charge in [0, 0.05) is 18.7 Å². The van der Waals surface area contributed by atoms with E-state index in [-0.39, 0.29) is 11.7 Å². The maximum absolute atomic E-state index is 6.56. The van der Waals surface area contributed by atoms with Gasteiger partial charge in [0.15, 0.2) is 0 Å². The lowest BCUT2D eigenvalue weighted by Crippen LogP contribution is -2.51. The van der Waals surface area contributed by atoms with Gasteiger partial charge in [0.1, 0.15) is 5.75 Å². The van der Waals surface area contributed by atoms with Gasteiger partial charge < -0.3 is 14.8 Å². The van der Waals surface area contributed by atoms with Crippen LogP contribution >= 0.6 is 0 Å². The highest BCUT2D eigenvalue weighted by Crippen LogP contribution is 2.40. The van der Waals surface area contributed by atoms with Gasteiger partial charge in [-0.1, -0.05) is 30.9 Å². The van der Waals surface area contributed by atoms with E-state index < -0.39 is 0 Å². The number of nitrogens with one attached hydrogen (secondary N) is 1. The Labute approximate surface area is 121 Å². The minimum atomic E-state index is 0.0515. The molecule has 1 saturated heterocycles. The summed E-state index contributed by atoms with van der Waals surface area (Å²) in [7, 11) is 1.74. The van der Waals surface area contributed by atoms with Crippen molar-refractivity contribution in [2.75, 3.05) is 20.2 Å². The van der Waals surface area contributed by atoms with Gasteiger partial charge >= 0.3 is 0 Å². The summed E-state index contributed by atoms with van der Waals surface area (Å²) in [6.07, 6.45) is 6.41. The molecular weight excluding hydrogens is 250 g/mol. The predicted octanol–water partition coefficient (Wildman–Crippen LogP) is 3.37. The SMILES string of the molecule is COc1ccc(C)cc1C1CNCC2(CCCCC2)O1. The highest BCUT2D eigenvalue weighted by molar-refractivity contribution is 5.39. The highest BCUT2D eigenvalue weighted by atomic mass is 16.5. The minimum Gasteiger partial charge on any atom is -0.496 e. The molecule has 3 nitrogen and oxygen atoms in total. The smallest absolute Gasteiger partial charge is 0.124 e. The summed E-state index contributed by atoms with van der Waals surface area (Å²) in [4.78, 5) is 0. The van der Waals surface area contributed by atoms with Crippen LogP contribution in [0.5, 0.6) is 5.75 Å². The number of benzene rings is 1. The number of ether oxygens (including phenoxy) is 2. The molecule has 1 aromatic carbocycles. The van der Waals surface area contributed by atoms with Crippen LogP contribution in [-0.4, -0.2) is 25.8 Å². The molecule has 1 heterocycles. The molecule has 2 fully saturated rings. The first kappa shape index (κ1) is 13.9. The lowest BCUT2D eigenvalue weighted by Gasteiger charge is -2.44. The Bertz CT molecular complexity index is 461. The van der Waals surface area contributed by atoms with E-state index in [2.05, 4.69) is 30.4 Å². The average molecular weight is 275 g/mol. The van der Waals surface area contributed by atoms with E-state index >= 15 is 0 Å². The van der Waals surface area contributed by atoms with Gasteiger partial charge in [0.25, 0.3) is 0 Å². The van der Waals surface area contributed by atoms with E-state index in [0.717, 1.165) is 18.8 Å². The van der Waals surface area contributed by atoms with E-state index in [1.807, 2.05) is 0 Å². The molecule has 0 radical (unpaired) electrons. The number of rotatable bonds is 2. The zero-order valence-electron chi connectivity index (χ0n) is 12.6. The zero-order chi connectivity index (χ0) is 14.0. The van der Waals surface area contributed by atoms with Crippen molar-refractivity contribution in [1.29, 1.82) is 0 Å². The molecule has 1 saturated carbocycles. The van der Waals surface area contributed by atoms with Gasteiger partial charge in [0.05, 0.1) is 18.8 Å². The highest BCUT2D eigenvalue weighted by Gasteiger charge is 2.39. The van der Waals surface area contributed by atoms with E-state index in [4.69, 9.17) is 9.47 Å². The first-order valence-electron chi connectivity index (χ1n) is 7.75. The van der Waals surface area contributed by atoms with Crippen LogP contribution in [0.25, 0.3) is 0 Å². The molecular formula is C17H25NO2. The summed E-state index contributed by atoms with van der Waals surface area (Å²) >= 11 is 0. The van der Waals surface area contributed by atoms with Crippen molar-refractivity contribution in [2.45, 2.75) is 50.7 Å². The number of morpholine rings is 1. The molecule has 1 unspecified atom stereocenters. The van der Waals surface area contributed by atoms with Gasteiger partial charge in [-0.3, -0.25) is 0 Å². The van der Waals surface area contributed by atoms with Gasteiger partial charge in [-0.05, 0) is 31.9 Å². The Kier molecular flexibility index (Phi) is 3.99. The largest absolute Gasteiger partial charge is 0.496 e. The molecule has 3 rings (SSSR count). The van der Waals surface area contributed by atoms with Gasteiger partial charge in [-0.25, -0.2) is 0 Å². The Morgan fingerprint density at radius 2 is 2.05 bits per heavy atom. The maximum atomic E-state index is 6.56. The minimum absolute atomic E-state index is 0.0515. The fourth-order valence-corrected chi connectivity index (χ4v) is 3.59. The van der Waals surface area contributed by atoms with E-state index in [1.165, 1.54) is 43.2 Å². The summed E-state index contributed by atoms with van der Waals surface area (Å²) in [5.74, 6) is 0.940. The normalized spacial score (nSPS) is 25.6. The summed E-state index contributed by atoms with van der Waals surface area (Å²) in [5.41, 5.74) is 2.49. The fraction of sp³-hybridized carbons (Fsp3) is 0.647. The van der Waals surface area contributed by atoms with Crippen molar-refractivity contribution < 1.29 is 9.47 Å². The van der Waals surface area contributed by atoms with Crippen molar-refractivity contribution in [3.05, 3.63) is 29.3 Å². The van der Waals surface area contributed by atoms with Crippen molar-refractivity contribution in [2.24, 2.45) is 0 Å². The van der Waals surface area contributed by atoms with Crippen LogP contribution < -0.4 is 10.1 Å². The van der Waals surface area contributed by atoms with Crippen molar-refractivity contribution in [1.82, 2.24) is 5.32 Å². The molecule has 1 spiro atoms. The van der Waals surface area contributed by atoms with E-state index in [1.54, 1.807) is 7.11 Å². The first-order valence-corrected chi connectivity index (χ1v) is 7.75.